The smallest absolute Gasteiger partial charge is 0.182 e. The summed E-state index contributed by atoms with van der Waals surface area (Å²) < 4.78 is 7.06. The molecule has 0 fully saturated rings. The van der Waals surface area contributed by atoms with Gasteiger partial charge < -0.3 is 9.64 Å². The van der Waals surface area contributed by atoms with Crippen LogP contribution in [-0.4, -0.2) is 39.3 Å². The molecular formula is C20H22N5OS+. The Hall–Kier alpha value is -2.51. The summed E-state index contributed by atoms with van der Waals surface area (Å²) in [6.07, 6.45) is 2.86. The second-order valence-corrected chi connectivity index (χ2v) is 8.43. The highest BCUT2D eigenvalue weighted by Crippen LogP contribution is 2.34. The molecule has 0 spiro atoms. The third-order valence-electron chi connectivity index (χ3n) is 5.46. The van der Waals surface area contributed by atoms with E-state index in [-0.39, 0.29) is 0 Å². The number of nitrogens with one attached hydrogen (secondary N) is 1. The Kier molecular flexibility index (Phi) is 3.87. The molecule has 1 N–H and O–H groups in total. The van der Waals surface area contributed by atoms with Crippen molar-refractivity contribution in [2.24, 2.45) is 0 Å². The van der Waals surface area contributed by atoms with Gasteiger partial charge in [-0.15, -0.1) is 16.4 Å². The first kappa shape index (κ1) is 16.6. The van der Waals surface area contributed by atoms with Crippen molar-refractivity contribution in [3.63, 3.8) is 0 Å². The molecule has 4 aromatic rings. The van der Waals surface area contributed by atoms with E-state index in [9.17, 15) is 0 Å². The van der Waals surface area contributed by atoms with Crippen LogP contribution in [0.2, 0.25) is 0 Å². The van der Waals surface area contributed by atoms with Crippen molar-refractivity contribution in [2.45, 2.75) is 32.9 Å². The second-order valence-electron chi connectivity index (χ2n) is 7.35. The van der Waals surface area contributed by atoms with E-state index in [2.05, 4.69) is 23.9 Å². The molecule has 3 aromatic heterocycles. The maximum absolute atomic E-state index is 5.24. The first-order chi connectivity index (χ1) is 13.1. The van der Waals surface area contributed by atoms with E-state index in [1.165, 1.54) is 15.8 Å². The van der Waals surface area contributed by atoms with Gasteiger partial charge in [-0.1, -0.05) is 0 Å². The zero-order chi connectivity index (χ0) is 18.5. The SMILES string of the molecule is COc1ccc(-c2nc3c4c5c(sc4ncn3n2)C[NH+](C(C)C)CC5)cc1. The van der Waals surface area contributed by atoms with Gasteiger partial charge in [-0.3, -0.25) is 0 Å². The van der Waals surface area contributed by atoms with Crippen LogP contribution in [0, 0.1) is 0 Å². The highest BCUT2D eigenvalue weighted by Gasteiger charge is 2.27. The van der Waals surface area contributed by atoms with Crippen LogP contribution in [0.25, 0.3) is 27.3 Å². The number of quaternary nitrogens is 1. The Bertz CT molecular complexity index is 1130. The first-order valence-electron chi connectivity index (χ1n) is 9.28. The molecule has 0 saturated carbocycles. The zero-order valence-electron chi connectivity index (χ0n) is 15.7. The van der Waals surface area contributed by atoms with Crippen LogP contribution in [-0.2, 0) is 13.0 Å². The molecule has 0 radical (unpaired) electrons. The lowest BCUT2D eigenvalue weighted by Gasteiger charge is -2.27. The molecule has 1 aliphatic heterocycles. The van der Waals surface area contributed by atoms with Crippen molar-refractivity contribution in [3.05, 3.63) is 41.0 Å². The third kappa shape index (κ3) is 2.69. The average Bonchev–Trinajstić information content (AvgIpc) is 3.28. The monoisotopic (exact) mass is 380 g/mol. The van der Waals surface area contributed by atoms with E-state index in [4.69, 9.17) is 9.72 Å². The van der Waals surface area contributed by atoms with Gasteiger partial charge in [0.2, 0.25) is 0 Å². The molecule has 1 aromatic carbocycles. The summed E-state index contributed by atoms with van der Waals surface area (Å²) in [5.74, 6) is 1.55. The summed E-state index contributed by atoms with van der Waals surface area (Å²) in [5.41, 5.74) is 3.31. The van der Waals surface area contributed by atoms with Gasteiger partial charge in [0.1, 0.15) is 23.5 Å². The highest BCUT2D eigenvalue weighted by atomic mass is 32.1. The van der Waals surface area contributed by atoms with E-state index in [1.54, 1.807) is 18.3 Å². The minimum atomic E-state index is 0.645. The Labute approximate surface area is 161 Å². The minimum Gasteiger partial charge on any atom is -0.497 e. The van der Waals surface area contributed by atoms with E-state index >= 15 is 0 Å². The molecule has 0 saturated heterocycles. The van der Waals surface area contributed by atoms with Crippen molar-refractivity contribution in [1.29, 1.82) is 0 Å². The van der Waals surface area contributed by atoms with Gasteiger partial charge in [-0.25, -0.2) is 14.5 Å². The zero-order valence-corrected chi connectivity index (χ0v) is 16.5. The number of thiophene rings is 1. The summed E-state index contributed by atoms with van der Waals surface area (Å²) in [6.45, 7) is 6.84. The van der Waals surface area contributed by atoms with Gasteiger partial charge in [-0.2, -0.15) is 0 Å². The van der Waals surface area contributed by atoms with Crippen molar-refractivity contribution in [3.8, 4) is 17.1 Å². The van der Waals surface area contributed by atoms with Gasteiger partial charge in [0.25, 0.3) is 0 Å². The van der Waals surface area contributed by atoms with E-state index in [0.29, 0.717) is 6.04 Å². The van der Waals surface area contributed by atoms with Crippen LogP contribution >= 0.6 is 11.3 Å². The Morgan fingerprint density at radius 1 is 1.22 bits per heavy atom. The summed E-state index contributed by atoms with van der Waals surface area (Å²) in [5, 5.41) is 5.85. The molecule has 0 amide bonds. The van der Waals surface area contributed by atoms with E-state index in [1.807, 2.05) is 40.1 Å². The lowest BCUT2D eigenvalue weighted by atomic mass is 10.0. The highest BCUT2D eigenvalue weighted by molar-refractivity contribution is 7.19. The molecule has 6 nitrogen and oxygen atoms in total. The van der Waals surface area contributed by atoms with Crippen LogP contribution in [0.4, 0.5) is 0 Å². The van der Waals surface area contributed by atoms with Crippen LogP contribution in [0.5, 0.6) is 5.75 Å². The number of hydrogen-bond acceptors (Lipinski definition) is 5. The molecule has 1 unspecified atom stereocenters. The van der Waals surface area contributed by atoms with Crippen LogP contribution in [0.15, 0.2) is 30.6 Å². The van der Waals surface area contributed by atoms with Crippen molar-refractivity contribution >= 4 is 27.2 Å². The van der Waals surface area contributed by atoms with E-state index in [0.717, 1.165) is 47.1 Å². The molecule has 0 aliphatic carbocycles. The molecule has 4 heterocycles. The lowest BCUT2D eigenvalue weighted by molar-refractivity contribution is -0.936. The van der Waals surface area contributed by atoms with Crippen LogP contribution in [0.3, 0.4) is 0 Å². The molecular weight excluding hydrogens is 358 g/mol. The molecule has 27 heavy (non-hydrogen) atoms. The van der Waals surface area contributed by atoms with Crippen LogP contribution < -0.4 is 9.64 Å². The van der Waals surface area contributed by atoms with Crippen molar-refractivity contribution in [2.75, 3.05) is 13.7 Å². The molecule has 7 heteroatoms. The molecule has 0 bridgehead atoms. The Balaban J connectivity index is 1.63. The Morgan fingerprint density at radius 3 is 2.78 bits per heavy atom. The van der Waals surface area contributed by atoms with Gasteiger partial charge >= 0.3 is 0 Å². The quantitative estimate of drug-likeness (QED) is 0.593. The van der Waals surface area contributed by atoms with Crippen LogP contribution in [0.1, 0.15) is 24.3 Å². The number of hydrogen-bond donors (Lipinski definition) is 1. The maximum Gasteiger partial charge on any atom is 0.182 e. The number of fused-ring (bicyclic) bond motifs is 5. The molecule has 1 atom stereocenters. The van der Waals surface area contributed by atoms with Gasteiger partial charge in [0, 0.05) is 12.0 Å². The number of aromatic nitrogens is 4. The third-order valence-corrected chi connectivity index (χ3v) is 6.60. The van der Waals surface area contributed by atoms with Gasteiger partial charge in [-0.05, 0) is 43.7 Å². The summed E-state index contributed by atoms with van der Waals surface area (Å²) in [6, 6.07) is 8.50. The number of nitrogens with zero attached hydrogens (tertiary/aromatic N) is 4. The molecule has 5 rings (SSSR count). The molecule has 138 valence electrons. The standard InChI is InChI=1S/C20H21N5OS/c1-12(2)24-9-8-15-16(10-24)27-20-17(15)19-22-18(23-25(19)11-21-20)13-4-6-14(26-3)7-5-13/h4-7,11-12H,8-10H2,1-3H3/p+1. The van der Waals surface area contributed by atoms with Crippen molar-refractivity contribution < 1.29 is 9.64 Å². The second kappa shape index (κ2) is 6.28. The van der Waals surface area contributed by atoms with E-state index < -0.39 is 0 Å². The van der Waals surface area contributed by atoms with Gasteiger partial charge in [0.15, 0.2) is 11.5 Å². The van der Waals surface area contributed by atoms with Gasteiger partial charge in [0.05, 0.1) is 30.0 Å². The number of rotatable bonds is 3. The summed E-state index contributed by atoms with van der Waals surface area (Å²) in [7, 11) is 1.67. The lowest BCUT2D eigenvalue weighted by Crippen LogP contribution is -3.14. The Morgan fingerprint density at radius 2 is 2.04 bits per heavy atom. The fraction of sp³-hybridized carbons (Fsp3) is 0.350. The number of benzene rings is 1. The first-order valence-corrected chi connectivity index (χ1v) is 10.1. The average molecular weight is 380 g/mol. The molecule has 1 aliphatic rings. The minimum absolute atomic E-state index is 0.645. The normalized spacial score (nSPS) is 17.0. The predicted molar refractivity (Wildman–Crippen MR) is 107 cm³/mol. The number of methoxy groups -OCH3 is 1. The fourth-order valence-corrected chi connectivity index (χ4v) is 5.08. The fourth-order valence-electron chi connectivity index (χ4n) is 3.84. The number of ether oxygens (including phenoxy) is 1. The predicted octanol–water partition coefficient (Wildman–Crippen LogP) is 2.36. The maximum atomic E-state index is 5.24. The largest absolute Gasteiger partial charge is 0.497 e. The summed E-state index contributed by atoms with van der Waals surface area (Å²) in [4.78, 5) is 13.7. The topological polar surface area (TPSA) is 56.8 Å². The van der Waals surface area contributed by atoms with Crippen molar-refractivity contribution in [1.82, 2.24) is 19.6 Å². The summed E-state index contributed by atoms with van der Waals surface area (Å²) >= 11 is 1.82.